The van der Waals surface area contributed by atoms with Gasteiger partial charge in [-0.3, -0.25) is 4.57 Å². The van der Waals surface area contributed by atoms with E-state index in [4.69, 9.17) is 0 Å². The second kappa shape index (κ2) is 6.32. The number of aryl methyl sites for hydroxylation is 1. The van der Waals surface area contributed by atoms with Gasteiger partial charge in [0, 0.05) is 34.5 Å². The van der Waals surface area contributed by atoms with Gasteiger partial charge < -0.3 is 4.98 Å². The molecule has 4 nitrogen and oxygen atoms in total. The minimum atomic E-state index is 0.535. The summed E-state index contributed by atoms with van der Waals surface area (Å²) in [6, 6.07) is 17.5. The quantitative estimate of drug-likeness (QED) is 0.487. The predicted octanol–water partition coefficient (Wildman–Crippen LogP) is 5.36. The summed E-state index contributed by atoms with van der Waals surface area (Å²) in [6.45, 7) is 2.17. The summed E-state index contributed by atoms with van der Waals surface area (Å²) in [5.41, 5.74) is 4.97. The monoisotopic (exact) mass is 360 g/mol. The Labute approximate surface area is 156 Å². The Balaban J connectivity index is 1.51. The molecule has 4 aromatic rings. The largest absolute Gasteiger partial charge is 0.360 e. The van der Waals surface area contributed by atoms with E-state index in [9.17, 15) is 0 Å². The number of rotatable bonds is 5. The molecule has 1 aliphatic rings. The molecule has 0 bridgehead atoms. The third-order valence-electron chi connectivity index (χ3n) is 5.02. The molecule has 1 N–H and O–H groups in total. The molecule has 0 amide bonds. The number of thioether (sulfide) groups is 1. The van der Waals surface area contributed by atoms with E-state index in [1.807, 2.05) is 0 Å². The van der Waals surface area contributed by atoms with Gasteiger partial charge in [0.05, 0.1) is 0 Å². The maximum atomic E-state index is 4.58. The average molecular weight is 360 g/mol. The van der Waals surface area contributed by atoms with Crippen molar-refractivity contribution in [3.05, 3.63) is 65.9 Å². The number of fused-ring (bicyclic) bond motifs is 1. The number of nitrogens with zero attached hydrogens (tertiary/aromatic N) is 3. The van der Waals surface area contributed by atoms with Crippen LogP contribution in [0.2, 0.25) is 0 Å². The zero-order valence-electron chi connectivity index (χ0n) is 14.6. The van der Waals surface area contributed by atoms with Gasteiger partial charge in [0.1, 0.15) is 0 Å². The van der Waals surface area contributed by atoms with Crippen LogP contribution in [0, 0.1) is 6.92 Å². The zero-order chi connectivity index (χ0) is 17.5. The Hall–Kier alpha value is -2.53. The Morgan fingerprint density at radius 2 is 1.88 bits per heavy atom. The van der Waals surface area contributed by atoms with Gasteiger partial charge >= 0.3 is 0 Å². The minimum absolute atomic E-state index is 0.535. The van der Waals surface area contributed by atoms with Crippen molar-refractivity contribution in [1.82, 2.24) is 19.7 Å². The summed E-state index contributed by atoms with van der Waals surface area (Å²) in [5, 5.41) is 11.4. The van der Waals surface area contributed by atoms with Crippen molar-refractivity contribution < 1.29 is 0 Å². The van der Waals surface area contributed by atoms with E-state index in [1.54, 1.807) is 11.8 Å². The van der Waals surface area contributed by atoms with E-state index < -0.39 is 0 Å². The maximum absolute atomic E-state index is 4.58. The number of hydrogen-bond acceptors (Lipinski definition) is 3. The molecule has 1 fully saturated rings. The van der Waals surface area contributed by atoms with Crippen molar-refractivity contribution in [2.45, 2.75) is 36.7 Å². The van der Waals surface area contributed by atoms with E-state index in [0.29, 0.717) is 6.04 Å². The van der Waals surface area contributed by atoms with Crippen molar-refractivity contribution in [2.24, 2.45) is 0 Å². The summed E-state index contributed by atoms with van der Waals surface area (Å²) in [4.78, 5) is 3.36. The van der Waals surface area contributed by atoms with Gasteiger partial charge in [-0.25, -0.2) is 0 Å². The van der Waals surface area contributed by atoms with E-state index in [1.165, 1.54) is 29.4 Å². The molecule has 0 saturated heterocycles. The SMILES string of the molecule is Cc1ccccc1CSc1nnc(-c2c[nH]c3ccccc23)n1C1CC1. The summed E-state index contributed by atoms with van der Waals surface area (Å²) in [6.07, 6.45) is 4.49. The van der Waals surface area contributed by atoms with Crippen LogP contribution in [0.25, 0.3) is 22.3 Å². The molecule has 2 aromatic heterocycles. The number of benzene rings is 2. The molecule has 2 heterocycles. The highest BCUT2D eigenvalue weighted by molar-refractivity contribution is 7.98. The van der Waals surface area contributed by atoms with Gasteiger partial charge in [0.2, 0.25) is 0 Å². The van der Waals surface area contributed by atoms with E-state index >= 15 is 0 Å². The third-order valence-corrected chi connectivity index (χ3v) is 6.02. The van der Waals surface area contributed by atoms with Crippen LogP contribution in [0.15, 0.2) is 59.9 Å². The van der Waals surface area contributed by atoms with Gasteiger partial charge in [0.25, 0.3) is 0 Å². The predicted molar refractivity (Wildman–Crippen MR) is 106 cm³/mol. The van der Waals surface area contributed by atoms with Gasteiger partial charge in [-0.1, -0.05) is 54.2 Å². The van der Waals surface area contributed by atoms with Crippen LogP contribution >= 0.6 is 11.8 Å². The number of hydrogen-bond donors (Lipinski definition) is 1. The highest BCUT2D eigenvalue weighted by atomic mass is 32.2. The zero-order valence-corrected chi connectivity index (χ0v) is 15.5. The van der Waals surface area contributed by atoms with Crippen LogP contribution in [-0.2, 0) is 5.75 Å². The van der Waals surface area contributed by atoms with Crippen LogP contribution in [0.3, 0.4) is 0 Å². The first kappa shape index (κ1) is 15.7. The van der Waals surface area contributed by atoms with Crippen molar-refractivity contribution in [3.8, 4) is 11.4 Å². The third kappa shape index (κ3) is 2.72. The molecular weight excluding hydrogens is 340 g/mol. The molecule has 2 aromatic carbocycles. The molecule has 5 heteroatoms. The molecule has 26 heavy (non-hydrogen) atoms. The van der Waals surface area contributed by atoms with Gasteiger partial charge in [-0.15, -0.1) is 10.2 Å². The van der Waals surface area contributed by atoms with Gasteiger partial charge in [0.15, 0.2) is 11.0 Å². The molecule has 5 rings (SSSR count). The van der Waals surface area contributed by atoms with Crippen LogP contribution in [0.1, 0.15) is 30.0 Å². The second-order valence-corrected chi connectivity index (χ2v) is 7.81. The van der Waals surface area contributed by atoms with Crippen LogP contribution in [0.4, 0.5) is 0 Å². The standard InChI is InChI=1S/C21H20N4S/c1-14-6-2-3-7-15(14)13-26-21-24-23-20(25(21)16-10-11-16)18-12-22-19-9-5-4-8-17(18)19/h2-9,12,16,22H,10-11,13H2,1H3. The molecule has 0 spiro atoms. The average Bonchev–Trinajstić information content (AvgIpc) is 3.28. The van der Waals surface area contributed by atoms with Gasteiger partial charge in [-0.05, 0) is 37.0 Å². The normalized spacial score (nSPS) is 14.2. The summed E-state index contributed by atoms with van der Waals surface area (Å²) in [7, 11) is 0. The molecule has 0 radical (unpaired) electrons. The smallest absolute Gasteiger partial charge is 0.192 e. The molecule has 1 saturated carbocycles. The number of para-hydroxylation sites is 1. The van der Waals surface area contributed by atoms with Crippen molar-refractivity contribution in [2.75, 3.05) is 0 Å². The van der Waals surface area contributed by atoms with E-state index in [-0.39, 0.29) is 0 Å². The Morgan fingerprint density at radius 1 is 1.08 bits per heavy atom. The first-order valence-electron chi connectivity index (χ1n) is 9.00. The fourth-order valence-electron chi connectivity index (χ4n) is 3.39. The molecule has 0 unspecified atom stereocenters. The topological polar surface area (TPSA) is 46.5 Å². The van der Waals surface area contributed by atoms with Gasteiger partial charge in [-0.2, -0.15) is 0 Å². The van der Waals surface area contributed by atoms with Crippen molar-refractivity contribution in [1.29, 1.82) is 0 Å². The number of aromatic amines is 1. The van der Waals surface area contributed by atoms with Crippen molar-refractivity contribution in [3.63, 3.8) is 0 Å². The first-order valence-corrected chi connectivity index (χ1v) is 9.98. The van der Waals surface area contributed by atoms with E-state index in [2.05, 4.69) is 81.4 Å². The Kier molecular flexibility index (Phi) is 3.82. The van der Waals surface area contributed by atoms with Crippen LogP contribution in [0.5, 0.6) is 0 Å². The van der Waals surface area contributed by atoms with Crippen LogP contribution < -0.4 is 0 Å². The molecule has 130 valence electrons. The van der Waals surface area contributed by atoms with Crippen LogP contribution in [-0.4, -0.2) is 19.7 Å². The van der Waals surface area contributed by atoms with Crippen molar-refractivity contribution >= 4 is 22.7 Å². The maximum Gasteiger partial charge on any atom is 0.192 e. The summed E-state index contributed by atoms with van der Waals surface area (Å²) >= 11 is 1.79. The Morgan fingerprint density at radius 3 is 2.73 bits per heavy atom. The highest BCUT2D eigenvalue weighted by Crippen LogP contribution is 2.42. The summed E-state index contributed by atoms with van der Waals surface area (Å²) in [5.74, 6) is 1.91. The molecule has 0 aliphatic heterocycles. The Bertz CT molecular complexity index is 1070. The lowest BCUT2D eigenvalue weighted by Crippen LogP contribution is -1.99. The lowest BCUT2D eigenvalue weighted by Gasteiger charge is -2.09. The number of aromatic nitrogens is 4. The number of H-pyrrole nitrogens is 1. The highest BCUT2D eigenvalue weighted by Gasteiger charge is 2.30. The fraction of sp³-hybridized carbons (Fsp3) is 0.238. The lowest BCUT2D eigenvalue weighted by molar-refractivity contribution is 0.669. The van der Waals surface area contributed by atoms with E-state index in [0.717, 1.165) is 27.8 Å². The first-order chi connectivity index (χ1) is 12.8. The fourth-order valence-corrected chi connectivity index (χ4v) is 4.47. The lowest BCUT2D eigenvalue weighted by atomic mass is 10.1. The number of nitrogens with one attached hydrogen (secondary N) is 1. The molecular formula is C21H20N4S. The minimum Gasteiger partial charge on any atom is -0.360 e. The molecule has 1 aliphatic carbocycles. The summed E-state index contributed by atoms with van der Waals surface area (Å²) < 4.78 is 2.35. The molecule has 0 atom stereocenters. The second-order valence-electron chi connectivity index (χ2n) is 6.87.